The van der Waals surface area contributed by atoms with Crippen molar-refractivity contribution in [3.63, 3.8) is 0 Å². The van der Waals surface area contributed by atoms with Crippen LogP contribution in [0.3, 0.4) is 0 Å². The molecule has 0 aliphatic carbocycles. The number of piperazine rings is 1. The van der Waals surface area contributed by atoms with E-state index >= 15 is 0 Å². The Hall–Kier alpha value is -0.930. The van der Waals surface area contributed by atoms with Crippen LogP contribution in [0.5, 0.6) is 0 Å². The number of nitrogens with zero attached hydrogens (tertiary/aromatic N) is 4. The molecule has 2 N–H and O–H groups in total. The lowest BCUT2D eigenvalue weighted by atomic mass is 10.2. The summed E-state index contributed by atoms with van der Waals surface area (Å²) in [6.07, 6.45) is 1.81. The molecule has 7 heteroatoms. The number of rotatable bonds is 6. The van der Waals surface area contributed by atoms with Gasteiger partial charge in [0, 0.05) is 51.5 Å². The van der Waals surface area contributed by atoms with E-state index < -0.39 is 0 Å². The van der Waals surface area contributed by atoms with Crippen LogP contribution in [-0.2, 0) is 6.54 Å². The summed E-state index contributed by atoms with van der Waals surface area (Å²) in [6, 6.07) is 6.42. The van der Waals surface area contributed by atoms with Crippen LogP contribution in [0.1, 0.15) is 19.5 Å². The minimum atomic E-state index is 0. The summed E-state index contributed by atoms with van der Waals surface area (Å²) in [6.45, 7) is 11.3. The molecule has 1 aliphatic rings. The van der Waals surface area contributed by atoms with Crippen molar-refractivity contribution in [1.29, 1.82) is 0 Å². The number of guanidine groups is 1. The SMILES string of the molecule is CCNC(=NCc1ccccn1)NCC(C)N1CCN(C)CC1.I. The van der Waals surface area contributed by atoms with Gasteiger partial charge >= 0.3 is 0 Å². The number of nitrogens with one attached hydrogen (secondary N) is 2. The van der Waals surface area contributed by atoms with Crippen molar-refractivity contribution >= 4 is 29.9 Å². The molecule has 0 bridgehead atoms. The Morgan fingerprint density at radius 3 is 2.62 bits per heavy atom. The summed E-state index contributed by atoms with van der Waals surface area (Å²) in [5, 5.41) is 6.76. The van der Waals surface area contributed by atoms with Gasteiger partial charge in [-0.05, 0) is 33.0 Å². The Bertz CT molecular complexity index is 473. The van der Waals surface area contributed by atoms with Crippen molar-refractivity contribution in [2.45, 2.75) is 26.4 Å². The number of hydrogen-bond donors (Lipinski definition) is 2. The molecule has 0 amide bonds. The molecule has 1 aromatic heterocycles. The van der Waals surface area contributed by atoms with Crippen LogP contribution in [0.15, 0.2) is 29.4 Å². The molecule has 6 nitrogen and oxygen atoms in total. The normalized spacial score (nSPS) is 17.9. The van der Waals surface area contributed by atoms with Gasteiger partial charge in [-0.25, -0.2) is 4.99 Å². The summed E-state index contributed by atoms with van der Waals surface area (Å²) >= 11 is 0. The first-order valence-electron chi connectivity index (χ1n) is 8.53. The molecule has 2 heterocycles. The molecule has 24 heavy (non-hydrogen) atoms. The van der Waals surface area contributed by atoms with E-state index in [0.29, 0.717) is 12.6 Å². The van der Waals surface area contributed by atoms with Gasteiger partial charge in [0.05, 0.1) is 12.2 Å². The Morgan fingerprint density at radius 2 is 2.00 bits per heavy atom. The van der Waals surface area contributed by atoms with E-state index in [1.807, 2.05) is 18.2 Å². The Morgan fingerprint density at radius 1 is 1.25 bits per heavy atom. The lowest BCUT2D eigenvalue weighted by molar-refractivity contribution is 0.120. The van der Waals surface area contributed by atoms with E-state index in [9.17, 15) is 0 Å². The van der Waals surface area contributed by atoms with E-state index in [2.05, 4.69) is 51.3 Å². The third kappa shape index (κ3) is 7.31. The molecule has 0 saturated carbocycles. The summed E-state index contributed by atoms with van der Waals surface area (Å²) in [5.74, 6) is 0.860. The molecule has 1 fully saturated rings. The topological polar surface area (TPSA) is 55.8 Å². The van der Waals surface area contributed by atoms with Crippen LogP contribution >= 0.6 is 24.0 Å². The molecule has 2 rings (SSSR count). The number of aliphatic imine (C=N–C) groups is 1. The fourth-order valence-corrected chi connectivity index (χ4v) is 2.63. The number of likely N-dealkylation sites (N-methyl/N-ethyl adjacent to an activating group) is 1. The van der Waals surface area contributed by atoms with Gasteiger partial charge in [0.15, 0.2) is 5.96 Å². The highest BCUT2D eigenvalue weighted by Crippen LogP contribution is 2.04. The molecule has 1 saturated heterocycles. The largest absolute Gasteiger partial charge is 0.357 e. The molecular weight excluding hydrogens is 415 g/mol. The van der Waals surface area contributed by atoms with Crippen LogP contribution in [0, 0.1) is 0 Å². The lowest BCUT2D eigenvalue weighted by Crippen LogP contribution is -2.52. The highest BCUT2D eigenvalue weighted by molar-refractivity contribution is 14.0. The van der Waals surface area contributed by atoms with Crippen LogP contribution in [0.4, 0.5) is 0 Å². The molecule has 1 aromatic rings. The fraction of sp³-hybridized carbons (Fsp3) is 0.647. The minimum Gasteiger partial charge on any atom is -0.357 e. The molecule has 1 atom stereocenters. The molecule has 0 radical (unpaired) electrons. The molecular formula is C17H31IN6. The van der Waals surface area contributed by atoms with Crippen LogP contribution < -0.4 is 10.6 Å². The van der Waals surface area contributed by atoms with Gasteiger partial charge in [-0.2, -0.15) is 0 Å². The second kappa shape index (κ2) is 11.6. The first-order valence-corrected chi connectivity index (χ1v) is 8.53. The molecule has 1 aliphatic heterocycles. The average Bonchev–Trinajstić information content (AvgIpc) is 2.58. The van der Waals surface area contributed by atoms with Gasteiger partial charge in [0.25, 0.3) is 0 Å². The van der Waals surface area contributed by atoms with Gasteiger partial charge in [-0.3, -0.25) is 9.88 Å². The number of aromatic nitrogens is 1. The van der Waals surface area contributed by atoms with Crippen molar-refractivity contribution in [2.75, 3.05) is 46.3 Å². The van der Waals surface area contributed by atoms with Gasteiger partial charge in [0.2, 0.25) is 0 Å². The molecule has 0 spiro atoms. The number of hydrogen-bond acceptors (Lipinski definition) is 4. The lowest BCUT2D eigenvalue weighted by Gasteiger charge is -2.36. The van der Waals surface area contributed by atoms with Gasteiger partial charge in [-0.15, -0.1) is 24.0 Å². The molecule has 0 aromatic carbocycles. The zero-order chi connectivity index (χ0) is 16.5. The number of pyridine rings is 1. The third-order valence-corrected chi connectivity index (χ3v) is 4.20. The summed E-state index contributed by atoms with van der Waals surface area (Å²) in [7, 11) is 2.19. The van der Waals surface area contributed by atoms with Crippen molar-refractivity contribution < 1.29 is 0 Å². The Kier molecular flexibility index (Phi) is 10.2. The summed E-state index contributed by atoms with van der Waals surface area (Å²) in [5.41, 5.74) is 0.983. The van der Waals surface area contributed by atoms with E-state index in [0.717, 1.165) is 50.9 Å². The summed E-state index contributed by atoms with van der Waals surface area (Å²) in [4.78, 5) is 13.9. The van der Waals surface area contributed by atoms with Crippen molar-refractivity contribution in [3.05, 3.63) is 30.1 Å². The standard InChI is InChI=1S/C17H30N6.HI/c1-4-18-17(21-14-16-7-5-6-8-19-16)20-13-15(2)23-11-9-22(3)10-12-23;/h5-8,15H,4,9-14H2,1-3H3,(H2,18,20,21);1H. The quantitative estimate of drug-likeness (QED) is 0.393. The van der Waals surface area contributed by atoms with E-state index in [4.69, 9.17) is 0 Å². The van der Waals surface area contributed by atoms with E-state index in [-0.39, 0.29) is 24.0 Å². The smallest absolute Gasteiger partial charge is 0.191 e. The summed E-state index contributed by atoms with van der Waals surface area (Å²) < 4.78 is 0. The second-order valence-corrected chi connectivity index (χ2v) is 6.09. The van der Waals surface area contributed by atoms with Crippen LogP contribution in [0.2, 0.25) is 0 Å². The van der Waals surface area contributed by atoms with Crippen molar-refractivity contribution in [2.24, 2.45) is 4.99 Å². The zero-order valence-corrected chi connectivity index (χ0v) is 17.4. The molecule has 1 unspecified atom stereocenters. The van der Waals surface area contributed by atoms with Gasteiger partial charge in [0.1, 0.15) is 0 Å². The Balaban J connectivity index is 0.00000288. The zero-order valence-electron chi connectivity index (χ0n) is 15.0. The van der Waals surface area contributed by atoms with Gasteiger partial charge < -0.3 is 15.5 Å². The monoisotopic (exact) mass is 446 g/mol. The Labute approximate surface area is 163 Å². The van der Waals surface area contributed by atoms with Crippen molar-refractivity contribution in [1.82, 2.24) is 25.4 Å². The first-order chi connectivity index (χ1) is 11.2. The predicted molar refractivity (Wildman–Crippen MR) is 111 cm³/mol. The minimum absolute atomic E-state index is 0. The second-order valence-electron chi connectivity index (χ2n) is 6.09. The van der Waals surface area contributed by atoms with E-state index in [1.165, 1.54) is 0 Å². The van der Waals surface area contributed by atoms with Crippen LogP contribution in [-0.4, -0.2) is 73.1 Å². The average molecular weight is 446 g/mol. The highest BCUT2D eigenvalue weighted by atomic mass is 127. The predicted octanol–water partition coefficient (Wildman–Crippen LogP) is 1.39. The molecule has 136 valence electrons. The third-order valence-electron chi connectivity index (χ3n) is 4.20. The highest BCUT2D eigenvalue weighted by Gasteiger charge is 2.18. The maximum Gasteiger partial charge on any atom is 0.191 e. The number of halogens is 1. The van der Waals surface area contributed by atoms with E-state index in [1.54, 1.807) is 6.20 Å². The first kappa shape index (κ1) is 21.1. The fourth-order valence-electron chi connectivity index (χ4n) is 2.63. The van der Waals surface area contributed by atoms with Crippen molar-refractivity contribution in [3.8, 4) is 0 Å². The van der Waals surface area contributed by atoms with Crippen LogP contribution in [0.25, 0.3) is 0 Å². The van der Waals surface area contributed by atoms with Gasteiger partial charge in [-0.1, -0.05) is 6.07 Å². The maximum absolute atomic E-state index is 4.62. The maximum atomic E-state index is 4.62.